The highest BCUT2D eigenvalue weighted by atomic mass is 19.4. The summed E-state index contributed by atoms with van der Waals surface area (Å²) in [7, 11) is 0. The molecule has 0 atom stereocenters. The Morgan fingerprint density at radius 1 is 0.881 bits per heavy atom. The second-order valence-corrected chi connectivity index (χ2v) is 11.7. The molecule has 1 amide bonds. The average molecular weight is 593 g/mol. The van der Waals surface area contributed by atoms with E-state index in [9.17, 15) is 18.0 Å². The van der Waals surface area contributed by atoms with Crippen molar-refractivity contribution in [2.75, 3.05) is 70.4 Å². The first-order valence-corrected chi connectivity index (χ1v) is 14.5. The number of carbonyl (C=O) groups is 1. The number of piperazine rings is 2. The third-order valence-corrected chi connectivity index (χ3v) is 7.50. The molecular weight excluding hydrogens is 553 g/mol. The molecule has 2 aromatic rings. The van der Waals surface area contributed by atoms with Gasteiger partial charge in [-0.15, -0.1) is 10.2 Å². The summed E-state index contributed by atoms with van der Waals surface area (Å²) in [6, 6.07) is 8.02. The van der Waals surface area contributed by atoms with Gasteiger partial charge in [0.15, 0.2) is 5.82 Å². The molecule has 4 heterocycles. The van der Waals surface area contributed by atoms with Crippen LogP contribution in [0.1, 0.15) is 45.3 Å². The Morgan fingerprint density at radius 3 is 2.19 bits per heavy atom. The van der Waals surface area contributed by atoms with Crippen LogP contribution in [0.5, 0.6) is 5.75 Å². The summed E-state index contributed by atoms with van der Waals surface area (Å²) >= 11 is 0. The summed E-state index contributed by atoms with van der Waals surface area (Å²) in [6.45, 7) is 12.9. The van der Waals surface area contributed by atoms with Crippen LogP contribution in [-0.2, 0) is 17.3 Å². The van der Waals surface area contributed by atoms with Gasteiger partial charge in [-0.05, 0) is 51.5 Å². The van der Waals surface area contributed by atoms with Gasteiger partial charge < -0.3 is 24.2 Å². The van der Waals surface area contributed by atoms with Crippen molar-refractivity contribution in [2.45, 2.75) is 51.8 Å². The summed E-state index contributed by atoms with van der Waals surface area (Å²) in [5.41, 5.74) is 0.597. The smallest absolute Gasteiger partial charge is 0.453 e. The SMILES string of the molecule is CC(C)(C)OC(=O)N1CCN(CCCOc2ccc(N3CCN(C4=Nn5c(nnc5C(F)(F)F)CC4)CC3)cc2)CC1. The number of fused-ring (bicyclic) bond motifs is 1. The van der Waals surface area contributed by atoms with E-state index in [1.807, 2.05) is 45.0 Å². The lowest BCUT2D eigenvalue weighted by atomic mass is 10.2. The number of benzene rings is 1. The van der Waals surface area contributed by atoms with Crippen LogP contribution in [-0.4, -0.2) is 113 Å². The number of hydrogen-bond acceptors (Lipinski definition) is 9. The highest BCUT2D eigenvalue weighted by molar-refractivity contribution is 5.83. The maximum absolute atomic E-state index is 13.2. The van der Waals surface area contributed by atoms with Crippen molar-refractivity contribution in [3.8, 4) is 5.75 Å². The molecule has 42 heavy (non-hydrogen) atoms. The number of anilines is 1. The molecule has 0 spiro atoms. The zero-order valence-corrected chi connectivity index (χ0v) is 24.4. The fourth-order valence-electron chi connectivity index (χ4n) is 5.29. The first-order valence-electron chi connectivity index (χ1n) is 14.5. The van der Waals surface area contributed by atoms with Gasteiger partial charge in [0.2, 0.25) is 0 Å². The van der Waals surface area contributed by atoms with Gasteiger partial charge in [-0.1, -0.05) is 0 Å². The molecule has 5 rings (SSSR count). The molecule has 3 aliphatic heterocycles. The van der Waals surface area contributed by atoms with Gasteiger partial charge in [-0.3, -0.25) is 4.90 Å². The van der Waals surface area contributed by atoms with E-state index in [1.54, 1.807) is 4.90 Å². The number of nitrogens with zero attached hydrogens (tertiary/aromatic N) is 8. The molecule has 14 heteroatoms. The second-order valence-electron chi connectivity index (χ2n) is 11.7. The fourth-order valence-corrected chi connectivity index (χ4v) is 5.29. The number of ether oxygens (including phenoxy) is 2. The van der Waals surface area contributed by atoms with Gasteiger partial charge in [0.25, 0.3) is 5.82 Å². The number of halogens is 3. The van der Waals surface area contributed by atoms with E-state index in [0.29, 0.717) is 51.5 Å². The molecule has 2 fully saturated rings. The lowest BCUT2D eigenvalue weighted by Gasteiger charge is -2.38. The molecule has 0 N–H and O–H groups in total. The number of aryl methyl sites for hydroxylation is 1. The molecule has 0 aliphatic carbocycles. The lowest BCUT2D eigenvalue weighted by molar-refractivity contribution is -0.147. The minimum Gasteiger partial charge on any atom is -0.494 e. The standard InChI is InChI=1S/C28H39F3N8O3/c1-27(2,3)42-26(40)38-14-12-35(13-15-38)11-4-20-41-22-7-5-21(6-8-22)36-16-18-37(19-17-36)24-10-9-23-32-33-25(28(29,30)31)39(23)34-24/h5-8H,4,9-20H2,1-3H3. The van der Waals surface area contributed by atoms with Gasteiger partial charge in [0, 0.05) is 77.4 Å². The molecule has 11 nitrogen and oxygen atoms in total. The number of carbonyl (C=O) groups excluding carboxylic acids is 1. The Morgan fingerprint density at radius 2 is 1.55 bits per heavy atom. The van der Waals surface area contributed by atoms with Crippen molar-refractivity contribution < 1.29 is 27.4 Å². The minimum absolute atomic E-state index is 0.241. The van der Waals surface area contributed by atoms with Crippen LogP contribution in [0.25, 0.3) is 0 Å². The Hall–Kier alpha value is -3.55. The van der Waals surface area contributed by atoms with Crippen molar-refractivity contribution in [3.63, 3.8) is 0 Å². The van der Waals surface area contributed by atoms with Crippen LogP contribution in [0.3, 0.4) is 0 Å². The second kappa shape index (κ2) is 12.4. The van der Waals surface area contributed by atoms with E-state index >= 15 is 0 Å². The van der Waals surface area contributed by atoms with Gasteiger partial charge in [-0.25, -0.2) is 4.79 Å². The topological polar surface area (TPSA) is 91.6 Å². The fraction of sp³-hybridized carbons (Fsp3) is 0.643. The Bertz CT molecular complexity index is 1240. The van der Waals surface area contributed by atoms with Gasteiger partial charge >= 0.3 is 12.3 Å². The summed E-state index contributed by atoms with van der Waals surface area (Å²) in [5.74, 6) is 0.619. The molecule has 1 aromatic heterocycles. The van der Waals surface area contributed by atoms with E-state index in [4.69, 9.17) is 9.47 Å². The van der Waals surface area contributed by atoms with E-state index in [2.05, 4.69) is 30.0 Å². The maximum Gasteiger partial charge on any atom is 0.453 e. The largest absolute Gasteiger partial charge is 0.494 e. The zero-order valence-electron chi connectivity index (χ0n) is 24.4. The first kappa shape index (κ1) is 29.9. The number of rotatable bonds is 6. The zero-order chi connectivity index (χ0) is 29.9. The first-order chi connectivity index (χ1) is 20.0. The highest BCUT2D eigenvalue weighted by Gasteiger charge is 2.40. The number of amides is 1. The molecule has 1 aromatic carbocycles. The van der Waals surface area contributed by atoms with Crippen LogP contribution in [0.15, 0.2) is 29.4 Å². The van der Waals surface area contributed by atoms with Crippen molar-refractivity contribution in [3.05, 3.63) is 35.9 Å². The van der Waals surface area contributed by atoms with E-state index in [-0.39, 0.29) is 11.9 Å². The Labute approximate surface area is 243 Å². The lowest BCUT2D eigenvalue weighted by Crippen LogP contribution is -2.50. The third-order valence-electron chi connectivity index (χ3n) is 7.50. The molecule has 0 unspecified atom stereocenters. The monoisotopic (exact) mass is 592 g/mol. The van der Waals surface area contributed by atoms with Gasteiger partial charge in [0.05, 0.1) is 6.61 Å². The summed E-state index contributed by atoms with van der Waals surface area (Å²) in [4.78, 5) is 20.6. The number of alkyl halides is 3. The normalized spacial score (nSPS) is 18.5. The quantitative estimate of drug-likeness (QED) is 0.471. The number of aromatic nitrogens is 3. The molecule has 0 saturated carbocycles. The van der Waals surface area contributed by atoms with Gasteiger partial charge in [-0.2, -0.15) is 22.9 Å². The van der Waals surface area contributed by atoms with Crippen molar-refractivity contribution >= 4 is 17.6 Å². The van der Waals surface area contributed by atoms with E-state index in [0.717, 1.165) is 55.3 Å². The third kappa shape index (κ3) is 7.44. The predicted octanol–water partition coefficient (Wildman–Crippen LogP) is 3.55. The van der Waals surface area contributed by atoms with Gasteiger partial charge in [0.1, 0.15) is 17.2 Å². The van der Waals surface area contributed by atoms with E-state index in [1.165, 1.54) is 0 Å². The summed E-state index contributed by atoms with van der Waals surface area (Å²) < 4.78 is 52.0. The molecular formula is C28H39F3N8O3. The van der Waals surface area contributed by atoms with Crippen LogP contribution < -0.4 is 9.64 Å². The van der Waals surface area contributed by atoms with Crippen LogP contribution in [0.4, 0.5) is 23.7 Å². The number of amidine groups is 1. The molecule has 0 radical (unpaired) electrons. The summed E-state index contributed by atoms with van der Waals surface area (Å²) in [5, 5.41) is 11.2. The number of hydrogen-bond donors (Lipinski definition) is 0. The van der Waals surface area contributed by atoms with Crippen LogP contribution in [0, 0.1) is 0 Å². The average Bonchev–Trinajstić information content (AvgIpc) is 3.39. The summed E-state index contributed by atoms with van der Waals surface area (Å²) in [6.07, 6.45) is -3.02. The molecule has 230 valence electrons. The predicted molar refractivity (Wildman–Crippen MR) is 151 cm³/mol. The van der Waals surface area contributed by atoms with Crippen molar-refractivity contribution in [1.29, 1.82) is 0 Å². The van der Waals surface area contributed by atoms with Crippen molar-refractivity contribution in [1.82, 2.24) is 29.6 Å². The van der Waals surface area contributed by atoms with E-state index < -0.39 is 17.6 Å². The highest BCUT2D eigenvalue weighted by Crippen LogP contribution is 2.30. The Balaban J connectivity index is 1.02. The molecule has 2 saturated heterocycles. The van der Waals surface area contributed by atoms with Crippen molar-refractivity contribution in [2.24, 2.45) is 5.10 Å². The Kier molecular flexibility index (Phi) is 8.81. The van der Waals surface area contributed by atoms with Crippen LogP contribution >= 0.6 is 0 Å². The van der Waals surface area contributed by atoms with Crippen LogP contribution in [0.2, 0.25) is 0 Å². The molecule has 3 aliphatic rings. The molecule has 0 bridgehead atoms. The maximum atomic E-state index is 13.2. The minimum atomic E-state index is -4.59.